The van der Waals surface area contributed by atoms with E-state index < -0.39 is 0 Å². The molecule has 31 heavy (non-hydrogen) atoms. The van der Waals surface area contributed by atoms with Crippen LogP contribution in [0.15, 0.2) is 4.99 Å². The zero-order valence-electron chi connectivity index (χ0n) is 20.5. The van der Waals surface area contributed by atoms with Gasteiger partial charge in [0.2, 0.25) is 0 Å². The van der Waals surface area contributed by atoms with Gasteiger partial charge >= 0.3 is 0 Å². The minimum Gasteiger partial charge on any atom is -0.357 e. The maximum absolute atomic E-state index is 5.13. The molecular formula is C24H49IN6. The second kappa shape index (κ2) is 14.2. The second-order valence-electron chi connectivity index (χ2n) is 9.93. The number of aliphatic imine (C=N–C) groups is 1. The number of nitrogens with zero attached hydrogens (tertiary/aromatic N) is 4. The van der Waals surface area contributed by atoms with Gasteiger partial charge in [-0.15, -0.1) is 24.0 Å². The molecule has 3 fully saturated rings. The van der Waals surface area contributed by atoms with Crippen LogP contribution in [0.25, 0.3) is 0 Å². The molecule has 0 spiro atoms. The number of halogens is 1. The molecule has 0 amide bonds. The van der Waals surface area contributed by atoms with Gasteiger partial charge in [-0.2, -0.15) is 0 Å². The molecule has 1 unspecified atom stereocenters. The van der Waals surface area contributed by atoms with E-state index in [1.807, 2.05) is 0 Å². The monoisotopic (exact) mass is 548 g/mol. The van der Waals surface area contributed by atoms with Crippen molar-refractivity contribution in [1.82, 2.24) is 25.3 Å². The van der Waals surface area contributed by atoms with E-state index in [9.17, 15) is 0 Å². The molecule has 0 aromatic rings. The summed E-state index contributed by atoms with van der Waals surface area (Å²) in [7, 11) is 2.26. The summed E-state index contributed by atoms with van der Waals surface area (Å²) in [5.74, 6) is 1.01. The molecular weight excluding hydrogens is 499 g/mol. The van der Waals surface area contributed by atoms with Gasteiger partial charge in [0.25, 0.3) is 0 Å². The standard InChI is InChI=1S/C24H48N6.HI/c1-4-25-23(26-14-10-16-29-15-9-6-11-22(29)2)27-21-24(12-19-28(3)20-13-24)30-17-7-5-8-18-30;/h22H,4-21H2,1-3H3,(H2,25,26,27);1H. The maximum atomic E-state index is 5.13. The normalized spacial score (nSPS) is 26.3. The number of nitrogens with one attached hydrogen (secondary N) is 2. The third-order valence-corrected chi connectivity index (χ3v) is 7.68. The van der Waals surface area contributed by atoms with Crippen LogP contribution in [-0.2, 0) is 0 Å². The summed E-state index contributed by atoms with van der Waals surface area (Å²) in [5.41, 5.74) is 0.262. The highest BCUT2D eigenvalue weighted by Crippen LogP contribution is 2.31. The maximum Gasteiger partial charge on any atom is 0.191 e. The first kappa shape index (κ1) is 27.1. The fraction of sp³-hybridized carbons (Fsp3) is 0.958. The number of likely N-dealkylation sites (tertiary alicyclic amines) is 3. The number of guanidine groups is 1. The minimum atomic E-state index is 0. The highest BCUT2D eigenvalue weighted by Gasteiger charge is 2.39. The van der Waals surface area contributed by atoms with E-state index in [0.29, 0.717) is 0 Å². The lowest BCUT2D eigenvalue weighted by Gasteiger charge is -2.49. The number of hydrogen-bond donors (Lipinski definition) is 2. The van der Waals surface area contributed by atoms with Crippen LogP contribution in [0.3, 0.4) is 0 Å². The summed E-state index contributed by atoms with van der Waals surface area (Å²) in [6, 6.07) is 0.759. The molecule has 3 heterocycles. The predicted octanol–water partition coefficient (Wildman–Crippen LogP) is 3.37. The highest BCUT2D eigenvalue weighted by molar-refractivity contribution is 14.0. The zero-order chi connectivity index (χ0) is 21.2. The van der Waals surface area contributed by atoms with Crippen LogP contribution >= 0.6 is 24.0 Å². The molecule has 3 aliphatic rings. The van der Waals surface area contributed by atoms with E-state index in [2.05, 4.69) is 46.2 Å². The van der Waals surface area contributed by atoms with Crippen LogP contribution in [-0.4, -0.2) is 98.2 Å². The van der Waals surface area contributed by atoms with Crippen LogP contribution in [0.1, 0.15) is 71.6 Å². The van der Waals surface area contributed by atoms with Crippen LogP contribution in [0.4, 0.5) is 0 Å². The average Bonchev–Trinajstić information content (AvgIpc) is 2.78. The molecule has 0 saturated carbocycles. The van der Waals surface area contributed by atoms with Crippen molar-refractivity contribution in [2.45, 2.75) is 83.2 Å². The van der Waals surface area contributed by atoms with Crippen molar-refractivity contribution in [3.63, 3.8) is 0 Å². The lowest BCUT2D eigenvalue weighted by Crippen LogP contribution is -2.58. The van der Waals surface area contributed by atoms with Gasteiger partial charge in [0.15, 0.2) is 5.96 Å². The SMILES string of the molecule is CCNC(=NCC1(N2CCCCC2)CCN(C)CC1)NCCCN1CCCCC1C.I. The van der Waals surface area contributed by atoms with Crippen molar-refractivity contribution in [2.24, 2.45) is 4.99 Å². The summed E-state index contributed by atoms with van der Waals surface area (Å²) in [4.78, 5) is 13.1. The summed E-state index contributed by atoms with van der Waals surface area (Å²) < 4.78 is 0. The Morgan fingerprint density at radius 1 is 0.968 bits per heavy atom. The summed E-state index contributed by atoms with van der Waals surface area (Å²) in [5, 5.41) is 7.12. The Hall–Kier alpha value is -0.120. The Bertz CT molecular complexity index is 514. The van der Waals surface area contributed by atoms with Gasteiger partial charge in [0.05, 0.1) is 6.54 Å². The van der Waals surface area contributed by atoms with Gasteiger partial charge < -0.3 is 20.4 Å². The Labute approximate surface area is 209 Å². The van der Waals surface area contributed by atoms with Crippen molar-refractivity contribution < 1.29 is 0 Å². The van der Waals surface area contributed by atoms with Crippen molar-refractivity contribution >= 4 is 29.9 Å². The molecule has 0 bridgehead atoms. The fourth-order valence-corrected chi connectivity index (χ4v) is 5.52. The van der Waals surface area contributed by atoms with Gasteiger partial charge in [0, 0.05) is 31.2 Å². The minimum absolute atomic E-state index is 0. The largest absolute Gasteiger partial charge is 0.357 e. The van der Waals surface area contributed by atoms with Gasteiger partial charge in [0.1, 0.15) is 0 Å². The molecule has 182 valence electrons. The van der Waals surface area contributed by atoms with E-state index in [-0.39, 0.29) is 29.5 Å². The Morgan fingerprint density at radius 3 is 2.35 bits per heavy atom. The zero-order valence-corrected chi connectivity index (χ0v) is 22.8. The van der Waals surface area contributed by atoms with Crippen LogP contribution in [0.5, 0.6) is 0 Å². The van der Waals surface area contributed by atoms with Gasteiger partial charge in [-0.05, 0) is 98.6 Å². The number of rotatable bonds is 8. The highest BCUT2D eigenvalue weighted by atomic mass is 127. The van der Waals surface area contributed by atoms with E-state index in [0.717, 1.165) is 31.6 Å². The van der Waals surface area contributed by atoms with Gasteiger partial charge in [-0.3, -0.25) is 9.89 Å². The molecule has 3 aliphatic heterocycles. The van der Waals surface area contributed by atoms with Gasteiger partial charge in [-0.25, -0.2) is 0 Å². The Balaban J connectivity index is 0.00000341. The first-order valence-electron chi connectivity index (χ1n) is 12.8. The first-order valence-corrected chi connectivity index (χ1v) is 12.8. The summed E-state index contributed by atoms with van der Waals surface area (Å²) in [6.45, 7) is 14.8. The molecule has 0 aromatic carbocycles. The third-order valence-electron chi connectivity index (χ3n) is 7.68. The molecule has 0 aliphatic carbocycles. The molecule has 3 rings (SSSR count). The van der Waals surface area contributed by atoms with Crippen molar-refractivity contribution in [3.05, 3.63) is 0 Å². The number of hydrogen-bond acceptors (Lipinski definition) is 4. The van der Waals surface area contributed by atoms with Crippen molar-refractivity contribution in [3.8, 4) is 0 Å². The molecule has 2 N–H and O–H groups in total. The van der Waals surface area contributed by atoms with E-state index in [1.54, 1.807) is 0 Å². The summed E-state index contributed by atoms with van der Waals surface area (Å²) in [6.07, 6.45) is 11.9. The predicted molar refractivity (Wildman–Crippen MR) is 144 cm³/mol. The molecule has 3 saturated heterocycles. The Morgan fingerprint density at radius 2 is 1.68 bits per heavy atom. The smallest absolute Gasteiger partial charge is 0.191 e. The Kier molecular flexibility index (Phi) is 12.4. The lowest BCUT2D eigenvalue weighted by atomic mass is 9.84. The molecule has 1 atom stereocenters. The molecule has 7 heteroatoms. The van der Waals surface area contributed by atoms with Gasteiger partial charge in [-0.1, -0.05) is 12.8 Å². The van der Waals surface area contributed by atoms with Crippen molar-refractivity contribution in [1.29, 1.82) is 0 Å². The fourth-order valence-electron chi connectivity index (χ4n) is 5.52. The molecule has 6 nitrogen and oxygen atoms in total. The van der Waals surface area contributed by atoms with E-state index in [1.165, 1.54) is 97.1 Å². The van der Waals surface area contributed by atoms with Crippen LogP contribution in [0.2, 0.25) is 0 Å². The molecule has 0 aromatic heterocycles. The molecule has 0 radical (unpaired) electrons. The number of piperidine rings is 3. The van der Waals surface area contributed by atoms with E-state index in [4.69, 9.17) is 4.99 Å². The van der Waals surface area contributed by atoms with Crippen LogP contribution < -0.4 is 10.6 Å². The topological polar surface area (TPSA) is 46.1 Å². The van der Waals surface area contributed by atoms with E-state index >= 15 is 0 Å². The third kappa shape index (κ3) is 8.31. The second-order valence-corrected chi connectivity index (χ2v) is 9.93. The van der Waals surface area contributed by atoms with Crippen molar-refractivity contribution in [2.75, 3.05) is 66.0 Å². The van der Waals surface area contributed by atoms with Crippen LogP contribution in [0, 0.1) is 0 Å². The first-order chi connectivity index (χ1) is 14.6. The average molecular weight is 549 g/mol. The quantitative estimate of drug-likeness (QED) is 0.211. The summed E-state index contributed by atoms with van der Waals surface area (Å²) >= 11 is 0. The lowest BCUT2D eigenvalue weighted by molar-refractivity contribution is 0.0208.